The van der Waals surface area contributed by atoms with Gasteiger partial charge in [0.05, 0.1) is 18.7 Å². The topological polar surface area (TPSA) is 82.4 Å². The number of anilines is 1. The molecule has 0 unspecified atom stereocenters. The van der Waals surface area contributed by atoms with Crippen molar-refractivity contribution in [3.63, 3.8) is 0 Å². The summed E-state index contributed by atoms with van der Waals surface area (Å²) in [6.45, 7) is 7.23. The number of thiophene rings is 1. The highest BCUT2D eigenvalue weighted by atomic mass is 32.2. The Bertz CT molecular complexity index is 945. The fourth-order valence-electron chi connectivity index (χ4n) is 3.11. The highest BCUT2D eigenvalue weighted by Gasteiger charge is 2.28. The number of nitriles is 1. The van der Waals surface area contributed by atoms with Crippen LogP contribution in [0, 0.1) is 11.3 Å². The summed E-state index contributed by atoms with van der Waals surface area (Å²) in [4.78, 5) is 28.3. The Kier molecular flexibility index (Phi) is 6.83. The first kappa shape index (κ1) is 21.2. The Morgan fingerprint density at radius 3 is 2.69 bits per heavy atom. The second-order valence-corrected chi connectivity index (χ2v) is 9.59. The van der Waals surface area contributed by atoms with E-state index in [0.29, 0.717) is 47.5 Å². The SMILES string of the molecule is CCOC(=O)N1CCc2c(sc(NC(=O)c3ccc(SC(C)C)cc3)c2C#N)C1. The van der Waals surface area contributed by atoms with Crippen molar-refractivity contribution in [1.29, 1.82) is 5.26 Å². The number of ether oxygens (including phenoxy) is 1. The highest BCUT2D eigenvalue weighted by molar-refractivity contribution is 7.99. The third-order valence-corrected chi connectivity index (χ3v) is 6.56. The van der Waals surface area contributed by atoms with Crippen LogP contribution < -0.4 is 5.32 Å². The molecule has 1 aromatic heterocycles. The largest absolute Gasteiger partial charge is 0.450 e. The summed E-state index contributed by atoms with van der Waals surface area (Å²) in [6.07, 6.45) is 0.222. The molecule has 0 aliphatic carbocycles. The molecule has 0 saturated heterocycles. The second kappa shape index (κ2) is 9.33. The summed E-state index contributed by atoms with van der Waals surface area (Å²) in [5.74, 6) is -0.247. The third-order valence-electron chi connectivity index (χ3n) is 4.41. The van der Waals surface area contributed by atoms with Gasteiger partial charge < -0.3 is 15.0 Å². The number of thioether (sulfide) groups is 1. The van der Waals surface area contributed by atoms with E-state index in [1.165, 1.54) is 11.3 Å². The van der Waals surface area contributed by atoms with Crippen molar-refractivity contribution in [2.75, 3.05) is 18.5 Å². The normalized spacial score (nSPS) is 13.0. The van der Waals surface area contributed by atoms with Crippen molar-refractivity contribution in [3.05, 3.63) is 45.8 Å². The van der Waals surface area contributed by atoms with Crippen LogP contribution in [0.15, 0.2) is 29.2 Å². The third kappa shape index (κ3) is 4.92. The molecular weight excluding hydrogens is 406 g/mol. The van der Waals surface area contributed by atoms with Gasteiger partial charge in [0, 0.05) is 27.1 Å². The van der Waals surface area contributed by atoms with Crippen molar-refractivity contribution < 1.29 is 14.3 Å². The molecule has 3 rings (SSSR count). The van der Waals surface area contributed by atoms with Crippen molar-refractivity contribution in [3.8, 4) is 6.07 Å². The smallest absolute Gasteiger partial charge is 0.410 e. The van der Waals surface area contributed by atoms with Gasteiger partial charge in [0.1, 0.15) is 11.1 Å². The molecule has 2 heterocycles. The average molecular weight is 430 g/mol. The molecule has 1 aliphatic heterocycles. The zero-order valence-corrected chi connectivity index (χ0v) is 18.3. The van der Waals surface area contributed by atoms with E-state index in [-0.39, 0.29) is 12.0 Å². The molecule has 8 heteroatoms. The van der Waals surface area contributed by atoms with Gasteiger partial charge in [-0.3, -0.25) is 4.79 Å². The fourth-order valence-corrected chi connectivity index (χ4v) is 5.16. The summed E-state index contributed by atoms with van der Waals surface area (Å²) in [6, 6.07) is 9.67. The predicted molar refractivity (Wildman–Crippen MR) is 116 cm³/mol. The number of nitrogens with zero attached hydrogens (tertiary/aromatic N) is 2. The molecule has 0 saturated carbocycles. The Labute approximate surface area is 178 Å². The zero-order valence-electron chi connectivity index (χ0n) is 16.7. The van der Waals surface area contributed by atoms with Gasteiger partial charge in [-0.1, -0.05) is 13.8 Å². The number of carbonyl (C=O) groups excluding carboxylic acids is 2. The zero-order chi connectivity index (χ0) is 21.0. The van der Waals surface area contributed by atoms with E-state index in [9.17, 15) is 14.9 Å². The summed E-state index contributed by atoms with van der Waals surface area (Å²) >= 11 is 3.09. The van der Waals surface area contributed by atoms with Gasteiger partial charge >= 0.3 is 6.09 Å². The maximum Gasteiger partial charge on any atom is 0.410 e. The van der Waals surface area contributed by atoms with Gasteiger partial charge in [0.15, 0.2) is 0 Å². The van der Waals surface area contributed by atoms with Gasteiger partial charge in [0.2, 0.25) is 0 Å². The van der Waals surface area contributed by atoms with Crippen LogP contribution in [-0.2, 0) is 17.7 Å². The van der Waals surface area contributed by atoms with Gasteiger partial charge in [0.25, 0.3) is 5.91 Å². The Morgan fingerprint density at radius 2 is 2.07 bits per heavy atom. The van der Waals surface area contributed by atoms with E-state index in [1.807, 2.05) is 12.1 Å². The number of carbonyl (C=O) groups is 2. The first-order valence-electron chi connectivity index (χ1n) is 9.47. The summed E-state index contributed by atoms with van der Waals surface area (Å²) < 4.78 is 5.07. The minimum Gasteiger partial charge on any atom is -0.450 e. The van der Waals surface area contributed by atoms with Crippen LogP contribution in [0.5, 0.6) is 0 Å². The molecule has 0 spiro atoms. The van der Waals surface area contributed by atoms with E-state index in [2.05, 4.69) is 25.2 Å². The van der Waals surface area contributed by atoms with Crippen LogP contribution >= 0.6 is 23.1 Å². The van der Waals surface area contributed by atoms with Crippen molar-refractivity contribution in [1.82, 2.24) is 4.90 Å². The molecule has 152 valence electrons. The number of hydrogen-bond acceptors (Lipinski definition) is 6. The van der Waals surface area contributed by atoms with E-state index in [1.54, 1.807) is 35.7 Å². The lowest BCUT2D eigenvalue weighted by atomic mass is 10.0. The lowest BCUT2D eigenvalue weighted by Gasteiger charge is -2.25. The monoisotopic (exact) mass is 429 g/mol. The Balaban J connectivity index is 1.76. The van der Waals surface area contributed by atoms with Crippen molar-refractivity contribution >= 4 is 40.1 Å². The predicted octanol–water partition coefficient (Wildman–Crippen LogP) is 4.89. The number of amides is 2. The minimum absolute atomic E-state index is 0.247. The number of hydrogen-bond donors (Lipinski definition) is 1. The van der Waals surface area contributed by atoms with Crippen molar-refractivity contribution in [2.24, 2.45) is 0 Å². The molecule has 2 amide bonds. The molecule has 0 bridgehead atoms. The Hall–Kier alpha value is -2.50. The minimum atomic E-state index is -0.352. The van der Waals surface area contributed by atoms with Crippen molar-refractivity contribution in [2.45, 2.75) is 43.9 Å². The molecular formula is C21H23N3O3S2. The number of fused-ring (bicyclic) bond motifs is 1. The van der Waals surface area contributed by atoms with Crippen LogP contribution in [0.2, 0.25) is 0 Å². The highest BCUT2D eigenvalue weighted by Crippen LogP contribution is 2.37. The first-order valence-corrected chi connectivity index (χ1v) is 11.2. The number of benzene rings is 1. The molecule has 1 aromatic carbocycles. The quantitative estimate of drug-likeness (QED) is 0.685. The lowest BCUT2D eigenvalue weighted by molar-refractivity contribution is 0.102. The van der Waals surface area contributed by atoms with Crippen LogP contribution in [0.3, 0.4) is 0 Å². The fraction of sp³-hybridized carbons (Fsp3) is 0.381. The second-order valence-electron chi connectivity index (χ2n) is 6.84. The first-order chi connectivity index (χ1) is 13.9. The van der Waals surface area contributed by atoms with Crippen LogP contribution in [0.1, 0.15) is 47.1 Å². The maximum absolute atomic E-state index is 12.7. The van der Waals surface area contributed by atoms with E-state index in [0.717, 1.165) is 15.3 Å². The molecule has 0 fully saturated rings. The molecule has 2 aromatic rings. The van der Waals surface area contributed by atoms with Gasteiger partial charge in [-0.25, -0.2) is 4.79 Å². The molecule has 0 atom stereocenters. The molecule has 1 aliphatic rings. The van der Waals surface area contributed by atoms with Gasteiger partial charge in [-0.15, -0.1) is 23.1 Å². The Morgan fingerprint density at radius 1 is 1.34 bits per heavy atom. The molecule has 29 heavy (non-hydrogen) atoms. The van der Waals surface area contributed by atoms with Crippen LogP contribution in [0.25, 0.3) is 0 Å². The lowest BCUT2D eigenvalue weighted by Crippen LogP contribution is -2.35. The number of nitrogens with one attached hydrogen (secondary N) is 1. The summed E-state index contributed by atoms with van der Waals surface area (Å²) in [5, 5.41) is 13.5. The molecule has 0 radical (unpaired) electrons. The van der Waals surface area contributed by atoms with Crippen LogP contribution in [0.4, 0.5) is 9.80 Å². The number of rotatable bonds is 5. The van der Waals surface area contributed by atoms with Crippen LogP contribution in [-0.4, -0.2) is 35.3 Å². The van der Waals surface area contributed by atoms with E-state index >= 15 is 0 Å². The summed E-state index contributed by atoms with van der Waals surface area (Å²) in [7, 11) is 0. The maximum atomic E-state index is 12.7. The van der Waals surface area contributed by atoms with Gasteiger partial charge in [-0.2, -0.15) is 5.26 Å². The molecule has 6 nitrogen and oxygen atoms in total. The van der Waals surface area contributed by atoms with Gasteiger partial charge in [-0.05, 0) is 43.2 Å². The average Bonchev–Trinajstić information content (AvgIpc) is 3.04. The summed E-state index contributed by atoms with van der Waals surface area (Å²) in [5.41, 5.74) is 1.95. The standard InChI is InChI=1S/C21H23N3O3S2/c1-4-27-21(26)24-10-9-16-17(11-22)20(29-18(16)12-24)23-19(25)14-5-7-15(8-6-14)28-13(2)3/h5-8,13H,4,9-10,12H2,1-3H3,(H,23,25). The molecule has 1 N–H and O–H groups in total. The van der Waals surface area contributed by atoms with E-state index in [4.69, 9.17) is 4.74 Å². The van der Waals surface area contributed by atoms with E-state index < -0.39 is 0 Å².